The number of hydrogen-bond donors (Lipinski definition) is 2. The fraction of sp³-hybridized carbons (Fsp3) is 0.833. The average molecular weight is 261 g/mol. The zero-order chi connectivity index (χ0) is 13.1. The molecule has 0 saturated heterocycles. The Hall–Kier alpha value is -0.770. The normalized spacial score (nSPS) is 25.4. The van der Waals surface area contributed by atoms with Gasteiger partial charge in [0.1, 0.15) is 0 Å². The van der Waals surface area contributed by atoms with Crippen molar-refractivity contribution in [2.24, 2.45) is 17.1 Å². The van der Waals surface area contributed by atoms with Crippen LogP contribution in [0.1, 0.15) is 39.5 Å². The summed E-state index contributed by atoms with van der Waals surface area (Å²) in [5.41, 5.74) is 4.72. The van der Waals surface area contributed by atoms with Crippen molar-refractivity contribution in [3.8, 4) is 0 Å². The highest BCUT2D eigenvalue weighted by Crippen LogP contribution is 2.25. The Kier molecular flexibility index (Phi) is 4.80. The molecule has 1 fully saturated rings. The number of nitrogens with two attached hydrogens (primary N) is 1. The molecule has 0 heterocycles. The molecular formula is C12H21ClN2O2. The van der Waals surface area contributed by atoms with Crippen LogP contribution in [-0.2, 0) is 9.59 Å². The molecule has 17 heavy (non-hydrogen) atoms. The summed E-state index contributed by atoms with van der Waals surface area (Å²) < 4.78 is 0. The first-order valence-corrected chi connectivity index (χ1v) is 6.56. The minimum Gasteiger partial charge on any atom is -0.369 e. The number of nitrogens with one attached hydrogen (secondary N) is 1. The van der Waals surface area contributed by atoms with E-state index >= 15 is 0 Å². The second kappa shape index (κ2) is 5.71. The fourth-order valence-electron chi connectivity index (χ4n) is 1.96. The number of carbonyl (C=O) groups excluding carboxylic acids is 2. The summed E-state index contributed by atoms with van der Waals surface area (Å²) in [6.07, 6.45) is 3.17. The summed E-state index contributed by atoms with van der Waals surface area (Å²) in [4.78, 5) is 22.9. The van der Waals surface area contributed by atoms with Gasteiger partial charge in [0, 0.05) is 17.8 Å². The molecule has 0 spiro atoms. The Labute approximate surface area is 107 Å². The van der Waals surface area contributed by atoms with Crippen LogP contribution in [0.25, 0.3) is 0 Å². The van der Waals surface area contributed by atoms with E-state index in [1.807, 2.05) is 13.8 Å². The van der Waals surface area contributed by atoms with Crippen molar-refractivity contribution in [3.63, 3.8) is 0 Å². The largest absolute Gasteiger partial charge is 0.369 e. The molecule has 0 aromatic carbocycles. The van der Waals surface area contributed by atoms with Crippen LogP contribution in [0.2, 0.25) is 0 Å². The van der Waals surface area contributed by atoms with Crippen LogP contribution in [-0.4, -0.2) is 23.7 Å². The number of amides is 2. The van der Waals surface area contributed by atoms with E-state index in [1.165, 1.54) is 0 Å². The minimum absolute atomic E-state index is 0.0185. The third-order valence-corrected chi connectivity index (χ3v) is 4.08. The first kappa shape index (κ1) is 14.3. The second-order valence-electron chi connectivity index (χ2n) is 5.44. The third kappa shape index (κ3) is 3.87. The number of primary amides is 1. The highest BCUT2D eigenvalue weighted by molar-refractivity contribution is 6.19. The van der Waals surface area contributed by atoms with Crippen molar-refractivity contribution < 1.29 is 9.59 Å². The number of rotatable bonds is 4. The van der Waals surface area contributed by atoms with Crippen molar-refractivity contribution in [2.45, 2.75) is 45.6 Å². The van der Waals surface area contributed by atoms with Crippen molar-refractivity contribution in [1.82, 2.24) is 5.32 Å². The number of alkyl halides is 1. The zero-order valence-electron chi connectivity index (χ0n) is 10.5. The lowest BCUT2D eigenvalue weighted by Gasteiger charge is -2.30. The Morgan fingerprint density at radius 3 is 2.24 bits per heavy atom. The summed E-state index contributed by atoms with van der Waals surface area (Å²) in [6, 6.07) is 0.153. The molecule has 5 heteroatoms. The van der Waals surface area contributed by atoms with Crippen LogP contribution < -0.4 is 11.1 Å². The van der Waals surface area contributed by atoms with Gasteiger partial charge in [-0.15, -0.1) is 11.6 Å². The van der Waals surface area contributed by atoms with Gasteiger partial charge in [0.2, 0.25) is 11.8 Å². The van der Waals surface area contributed by atoms with Crippen LogP contribution in [0.15, 0.2) is 0 Å². The van der Waals surface area contributed by atoms with E-state index in [0.717, 1.165) is 25.7 Å². The van der Waals surface area contributed by atoms with Gasteiger partial charge >= 0.3 is 0 Å². The molecule has 0 radical (unpaired) electrons. The van der Waals surface area contributed by atoms with Crippen LogP contribution in [0.4, 0.5) is 0 Å². The third-order valence-electron chi connectivity index (χ3n) is 3.41. The highest BCUT2D eigenvalue weighted by atomic mass is 35.5. The van der Waals surface area contributed by atoms with Crippen molar-refractivity contribution in [3.05, 3.63) is 0 Å². The molecule has 0 aromatic rings. The van der Waals surface area contributed by atoms with Gasteiger partial charge in [-0.25, -0.2) is 0 Å². The lowest BCUT2D eigenvalue weighted by atomic mass is 9.85. The molecule has 4 nitrogen and oxygen atoms in total. The van der Waals surface area contributed by atoms with Gasteiger partial charge in [-0.2, -0.15) is 0 Å². The fourth-order valence-corrected chi connectivity index (χ4v) is 2.09. The Morgan fingerprint density at radius 2 is 1.82 bits per heavy atom. The molecule has 3 N–H and O–H groups in total. The molecule has 0 bridgehead atoms. The lowest BCUT2D eigenvalue weighted by Crippen LogP contribution is -2.45. The van der Waals surface area contributed by atoms with Crippen LogP contribution in [0.5, 0.6) is 0 Å². The van der Waals surface area contributed by atoms with E-state index in [4.69, 9.17) is 17.3 Å². The maximum Gasteiger partial charge on any atom is 0.227 e. The van der Waals surface area contributed by atoms with Gasteiger partial charge in [-0.3, -0.25) is 9.59 Å². The van der Waals surface area contributed by atoms with Gasteiger partial charge in [0.15, 0.2) is 0 Å². The summed E-state index contributed by atoms with van der Waals surface area (Å²) in [6.45, 7) is 3.65. The molecule has 1 saturated carbocycles. The summed E-state index contributed by atoms with van der Waals surface area (Å²) in [5.74, 6) is 0.0326. The lowest BCUT2D eigenvalue weighted by molar-refractivity contribution is -0.129. The first-order valence-electron chi connectivity index (χ1n) is 6.03. The molecule has 1 rings (SSSR count). The molecule has 0 aliphatic heterocycles. The van der Waals surface area contributed by atoms with E-state index in [0.29, 0.717) is 5.88 Å². The SMILES string of the molecule is CC(C)(CCl)C(=O)NC1CCC(C(N)=O)CC1. The van der Waals surface area contributed by atoms with Gasteiger partial charge in [-0.1, -0.05) is 0 Å². The van der Waals surface area contributed by atoms with E-state index < -0.39 is 5.41 Å². The Morgan fingerprint density at radius 1 is 1.29 bits per heavy atom. The summed E-state index contributed by atoms with van der Waals surface area (Å²) >= 11 is 5.75. The quantitative estimate of drug-likeness (QED) is 0.751. The van der Waals surface area contributed by atoms with E-state index in [2.05, 4.69) is 5.32 Å². The van der Waals surface area contributed by atoms with Gasteiger partial charge in [0.25, 0.3) is 0 Å². The van der Waals surface area contributed by atoms with Crippen molar-refractivity contribution >= 4 is 23.4 Å². The van der Waals surface area contributed by atoms with Gasteiger partial charge in [0.05, 0.1) is 5.41 Å². The van der Waals surface area contributed by atoms with Crippen LogP contribution >= 0.6 is 11.6 Å². The van der Waals surface area contributed by atoms with Crippen molar-refractivity contribution in [1.29, 1.82) is 0 Å². The summed E-state index contributed by atoms with van der Waals surface area (Å²) in [5, 5.41) is 2.99. The zero-order valence-corrected chi connectivity index (χ0v) is 11.2. The number of carbonyl (C=O) groups is 2. The number of hydrogen-bond acceptors (Lipinski definition) is 2. The van der Waals surface area contributed by atoms with Gasteiger partial charge in [-0.05, 0) is 39.5 Å². The van der Waals surface area contributed by atoms with Crippen LogP contribution in [0, 0.1) is 11.3 Å². The highest BCUT2D eigenvalue weighted by Gasteiger charge is 2.31. The van der Waals surface area contributed by atoms with E-state index in [1.54, 1.807) is 0 Å². The maximum atomic E-state index is 11.9. The van der Waals surface area contributed by atoms with Gasteiger partial charge < -0.3 is 11.1 Å². The smallest absolute Gasteiger partial charge is 0.227 e. The monoisotopic (exact) mass is 260 g/mol. The Balaban J connectivity index is 2.41. The van der Waals surface area contributed by atoms with E-state index in [9.17, 15) is 9.59 Å². The second-order valence-corrected chi connectivity index (χ2v) is 5.71. The molecule has 0 unspecified atom stereocenters. The molecule has 0 atom stereocenters. The molecule has 1 aliphatic rings. The molecule has 98 valence electrons. The minimum atomic E-state index is -0.540. The topological polar surface area (TPSA) is 72.2 Å². The molecular weight excluding hydrogens is 240 g/mol. The summed E-state index contributed by atoms with van der Waals surface area (Å²) in [7, 11) is 0. The standard InChI is InChI=1S/C12H21ClN2O2/c1-12(2,7-13)11(17)15-9-5-3-8(4-6-9)10(14)16/h8-9H,3-7H2,1-2H3,(H2,14,16)(H,15,17). The molecule has 0 aromatic heterocycles. The molecule has 2 amide bonds. The van der Waals surface area contributed by atoms with E-state index in [-0.39, 0.29) is 23.8 Å². The average Bonchev–Trinajstić information content (AvgIpc) is 2.29. The van der Waals surface area contributed by atoms with Crippen LogP contribution in [0.3, 0.4) is 0 Å². The Bertz CT molecular complexity index is 297. The predicted molar refractivity (Wildman–Crippen MR) is 67.6 cm³/mol. The first-order chi connectivity index (χ1) is 7.86. The number of halogens is 1. The predicted octanol–water partition coefficient (Wildman–Crippen LogP) is 1.41. The maximum absolute atomic E-state index is 11.9. The molecule has 1 aliphatic carbocycles. The van der Waals surface area contributed by atoms with Crippen molar-refractivity contribution in [2.75, 3.05) is 5.88 Å².